The maximum atomic E-state index is 11.8. The molecule has 2 aromatic rings. The average molecular weight is 404 g/mol. The highest BCUT2D eigenvalue weighted by molar-refractivity contribution is 5.76. The van der Waals surface area contributed by atoms with Gasteiger partial charge < -0.3 is 20.1 Å². The standard InChI is InChI=1S/C19H24N4O6/c1-12(2)7-16(19(26)27)21-8-15(18(24)25)17-9-20-11-22(17)10-13-3-5-14(6-4-13)23(28)29/h3-6,9,11-12,15-16,21H,7-8,10H2,1-2H3,(H,24,25)(H,26,27). The quantitative estimate of drug-likeness (QED) is 0.381. The summed E-state index contributed by atoms with van der Waals surface area (Å²) in [5.41, 5.74) is 1.13. The van der Waals surface area contributed by atoms with Crippen LogP contribution in [0, 0.1) is 16.0 Å². The number of carboxylic acid groups (broad SMARTS) is 2. The number of aliphatic carboxylic acids is 2. The number of carboxylic acids is 2. The van der Waals surface area contributed by atoms with Crippen molar-refractivity contribution in [3.8, 4) is 0 Å². The molecule has 0 radical (unpaired) electrons. The minimum Gasteiger partial charge on any atom is -0.481 e. The van der Waals surface area contributed by atoms with Gasteiger partial charge in [-0.05, 0) is 17.9 Å². The van der Waals surface area contributed by atoms with E-state index in [1.165, 1.54) is 24.7 Å². The van der Waals surface area contributed by atoms with Crippen LogP contribution in [0.1, 0.15) is 37.4 Å². The zero-order valence-electron chi connectivity index (χ0n) is 16.2. The summed E-state index contributed by atoms with van der Waals surface area (Å²) < 4.78 is 1.64. The smallest absolute Gasteiger partial charge is 0.320 e. The lowest BCUT2D eigenvalue weighted by molar-refractivity contribution is -0.384. The van der Waals surface area contributed by atoms with Crippen molar-refractivity contribution in [1.82, 2.24) is 14.9 Å². The Labute approximate surface area is 167 Å². The number of imidazole rings is 1. The molecular formula is C19H24N4O6. The van der Waals surface area contributed by atoms with Gasteiger partial charge in [-0.25, -0.2) is 4.98 Å². The molecule has 1 aromatic heterocycles. The number of nitro groups is 1. The minimum absolute atomic E-state index is 0.0305. The topological polar surface area (TPSA) is 148 Å². The molecule has 2 atom stereocenters. The van der Waals surface area contributed by atoms with Crippen molar-refractivity contribution in [2.24, 2.45) is 5.92 Å². The average Bonchev–Trinajstić information content (AvgIpc) is 3.08. The second kappa shape index (κ2) is 9.78. The molecule has 10 nitrogen and oxygen atoms in total. The van der Waals surface area contributed by atoms with Crippen LogP contribution in [-0.2, 0) is 16.1 Å². The number of nitrogens with one attached hydrogen (secondary N) is 1. The molecule has 0 fully saturated rings. The fourth-order valence-electron chi connectivity index (χ4n) is 2.99. The van der Waals surface area contributed by atoms with Crippen LogP contribution in [0.25, 0.3) is 0 Å². The molecule has 0 amide bonds. The summed E-state index contributed by atoms with van der Waals surface area (Å²) in [6.45, 7) is 4.01. The number of nitrogens with zero attached hydrogens (tertiary/aromatic N) is 3. The number of aromatic nitrogens is 2. The van der Waals surface area contributed by atoms with Crippen molar-refractivity contribution in [2.75, 3.05) is 6.54 Å². The summed E-state index contributed by atoms with van der Waals surface area (Å²) in [6.07, 6.45) is 3.29. The van der Waals surface area contributed by atoms with Gasteiger partial charge in [-0.15, -0.1) is 0 Å². The first-order valence-corrected chi connectivity index (χ1v) is 9.11. The van der Waals surface area contributed by atoms with E-state index in [1.807, 2.05) is 13.8 Å². The predicted octanol–water partition coefficient (Wildman–Crippen LogP) is 2.10. The maximum absolute atomic E-state index is 11.8. The van der Waals surface area contributed by atoms with Crippen LogP contribution in [0.15, 0.2) is 36.8 Å². The molecule has 156 valence electrons. The molecule has 0 saturated heterocycles. The number of nitro benzene ring substituents is 1. The van der Waals surface area contributed by atoms with Gasteiger partial charge in [0.2, 0.25) is 0 Å². The van der Waals surface area contributed by atoms with E-state index >= 15 is 0 Å². The third-order valence-electron chi connectivity index (χ3n) is 4.47. The molecule has 0 aliphatic heterocycles. The van der Waals surface area contributed by atoms with Crippen molar-refractivity contribution in [3.63, 3.8) is 0 Å². The van der Waals surface area contributed by atoms with Crippen LogP contribution < -0.4 is 5.32 Å². The third kappa shape index (κ3) is 6.11. The first kappa shape index (κ1) is 22.0. The Balaban J connectivity index is 2.16. The first-order valence-electron chi connectivity index (χ1n) is 9.11. The van der Waals surface area contributed by atoms with Crippen molar-refractivity contribution in [2.45, 2.75) is 38.8 Å². The van der Waals surface area contributed by atoms with Crippen LogP contribution in [0.4, 0.5) is 5.69 Å². The van der Waals surface area contributed by atoms with Crippen LogP contribution in [0.2, 0.25) is 0 Å². The highest BCUT2D eigenvalue weighted by Gasteiger charge is 2.27. The van der Waals surface area contributed by atoms with Gasteiger partial charge in [0.15, 0.2) is 0 Å². The minimum atomic E-state index is -1.10. The van der Waals surface area contributed by atoms with Crippen molar-refractivity contribution < 1.29 is 24.7 Å². The summed E-state index contributed by atoms with van der Waals surface area (Å²) in [4.78, 5) is 37.5. The molecular weight excluding hydrogens is 380 g/mol. The fourth-order valence-corrected chi connectivity index (χ4v) is 2.99. The monoisotopic (exact) mass is 404 g/mol. The largest absolute Gasteiger partial charge is 0.481 e. The lowest BCUT2D eigenvalue weighted by atomic mass is 10.0. The number of hydrogen-bond donors (Lipinski definition) is 3. The van der Waals surface area contributed by atoms with Gasteiger partial charge in [-0.3, -0.25) is 19.7 Å². The van der Waals surface area contributed by atoms with Gasteiger partial charge in [-0.1, -0.05) is 26.0 Å². The number of benzene rings is 1. The predicted molar refractivity (Wildman–Crippen MR) is 104 cm³/mol. The summed E-state index contributed by atoms with van der Waals surface area (Å²) in [7, 11) is 0. The Hall–Kier alpha value is -3.27. The van der Waals surface area contributed by atoms with E-state index in [0.29, 0.717) is 12.1 Å². The Morgan fingerprint density at radius 1 is 1.21 bits per heavy atom. The van der Waals surface area contributed by atoms with E-state index in [4.69, 9.17) is 0 Å². The second-order valence-corrected chi connectivity index (χ2v) is 7.19. The van der Waals surface area contributed by atoms with E-state index in [1.54, 1.807) is 16.7 Å². The molecule has 0 aliphatic rings. The molecule has 0 spiro atoms. The van der Waals surface area contributed by atoms with Crippen LogP contribution in [0.5, 0.6) is 0 Å². The molecule has 10 heteroatoms. The van der Waals surface area contributed by atoms with Crippen LogP contribution >= 0.6 is 0 Å². The van der Waals surface area contributed by atoms with Crippen molar-refractivity contribution in [1.29, 1.82) is 0 Å². The molecule has 1 heterocycles. The highest BCUT2D eigenvalue weighted by atomic mass is 16.6. The van der Waals surface area contributed by atoms with Crippen molar-refractivity contribution >= 4 is 17.6 Å². The number of hydrogen-bond acceptors (Lipinski definition) is 6. The number of non-ortho nitro benzene ring substituents is 1. The van der Waals surface area contributed by atoms with Gasteiger partial charge in [0, 0.05) is 31.4 Å². The summed E-state index contributed by atoms with van der Waals surface area (Å²) in [5.74, 6) is -2.98. The zero-order chi connectivity index (χ0) is 21.6. The van der Waals surface area contributed by atoms with Gasteiger partial charge in [0.05, 0.1) is 16.9 Å². The molecule has 0 aliphatic carbocycles. The van der Waals surface area contributed by atoms with E-state index in [0.717, 1.165) is 5.56 Å². The van der Waals surface area contributed by atoms with Gasteiger partial charge in [0.25, 0.3) is 5.69 Å². The summed E-state index contributed by atoms with van der Waals surface area (Å²) in [5, 5.41) is 32.6. The lowest BCUT2D eigenvalue weighted by Crippen LogP contribution is -2.41. The summed E-state index contributed by atoms with van der Waals surface area (Å²) >= 11 is 0. The highest BCUT2D eigenvalue weighted by Crippen LogP contribution is 2.19. The Morgan fingerprint density at radius 3 is 2.38 bits per heavy atom. The Bertz CT molecular complexity index is 862. The maximum Gasteiger partial charge on any atom is 0.320 e. The zero-order valence-corrected chi connectivity index (χ0v) is 16.2. The van der Waals surface area contributed by atoms with Gasteiger partial charge in [-0.2, -0.15) is 0 Å². The molecule has 2 rings (SSSR count). The van der Waals surface area contributed by atoms with Crippen LogP contribution in [0.3, 0.4) is 0 Å². The Morgan fingerprint density at radius 2 is 1.86 bits per heavy atom. The fraction of sp³-hybridized carbons (Fsp3) is 0.421. The van der Waals surface area contributed by atoms with Gasteiger partial charge in [0.1, 0.15) is 12.0 Å². The molecule has 2 unspecified atom stereocenters. The van der Waals surface area contributed by atoms with E-state index in [9.17, 15) is 29.9 Å². The Kier molecular flexibility index (Phi) is 7.43. The van der Waals surface area contributed by atoms with E-state index in [-0.39, 0.29) is 24.7 Å². The summed E-state index contributed by atoms with van der Waals surface area (Å²) in [6, 6.07) is 5.11. The third-order valence-corrected chi connectivity index (χ3v) is 4.47. The molecule has 1 aromatic carbocycles. The molecule has 29 heavy (non-hydrogen) atoms. The molecule has 3 N–H and O–H groups in total. The van der Waals surface area contributed by atoms with Gasteiger partial charge >= 0.3 is 11.9 Å². The number of rotatable bonds is 11. The molecule has 0 saturated carbocycles. The first-order chi connectivity index (χ1) is 13.7. The lowest BCUT2D eigenvalue weighted by Gasteiger charge is -2.20. The normalized spacial score (nSPS) is 13.2. The van der Waals surface area contributed by atoms with Crippen molar-refractivity contribution in [3.05, 3.63) is 58.2 Å². The SMILES string of the molecule is CC(C)CC(NCC(C(=O)O)c1cncn1Cc1ccc([N+](=O)[O-])cc1)C(=O)O. The van der Waals surface area contributed by atoms with E-state index < -0.39 is 28.8 Å². The second-order valence-electron chi connectivity index (χ2n) is 7.19. The number of carbonyl (C=O) groups is 2. The van der Waals surface area contributed by atoms with E-state index in [2.05, 4.69) is 10.3 Å². The molecule has 0 bridgehead atoms. The van der Waals surface area contributed by atoms with Crippen LogP contribution in [-0.4, -0.2) is 49.2 Å².